The van der Waals surface area contributed by atoms with Crippen LogP contribution in [0.5, 0.6) is 0 Å². The summed E-state index contributed by atoms with van der Waals surface area (Å²) < 4.78 is 0. The van der Waals surface area contributed by atoms with E-state index in [9.17, 15) is 38.4 Å². The predicted molar refractivity (Wildman–Crippen MR) is 270 cm³/mol. The Morgan fingerprint density at radius 3 is 2.15 bits per heavy atom. The number of likely N-dealkylation sites (N-methyl/N-ethyl adjacent to an activating group) is 1. The van der Waals surface area contributed by atoms with Gasteiger partial charge in [0.1, 0.15) is 36.2 Å². The molecular weight excluding hydrogens is 921 g/mol. The lowest BCUT2D eigenvalue weighted by Crippen LogP contribution is -2.63. The van der Waals surface area contributed by atoms with Crippen molar-refractivity contribution < 1.29 is 38.4 Å². The topological polar surface area (TPSA) is 318 Å². The smallest absolute Gasteiger partial charge is 0.325 e. The number of aldehydes is 1. The number of urea groups is 1. The van der Waals surface area contributed by atoms with Gasteiger partial charge in [-0.25, -0.2) is 9.69 Å². The second-order valence-corrected chi connectivity index (χ2v) is 18.5. The number of unbranched alkanes of at least 4 members (excludes halogenated alkanes) is 1. The van der Waals surface area contributed by atoms with E-state index in [0.29, 0.717) is 38.5 Å². The molecule has 5 aromatic rings. The molecule has 72 heavy (non-hydrogen) atoms. The maximum absolute atomic E-state index is 14.4. The van der Waals surface area contributed by atoms with E-state index in [2.05, 4.69) is 42.2 Å². The number of nitrogens with zero attached hydrogens (tertiary/aromatic N) is 1. The van der Waals surface area contributed by atoms with Gasteiger partial charge in [0.15, 0.2) is 0 Å². The highest BCUT2D eigenvalue weighted by atomic mass is 16.2. The highest BCUT2D eigenvalue weighted by Crippen LogP contribution is 2.37. The van der Waals surface area contributed by atoms with Crippen molar-refractivity contribution in [3.8, 4) is 0 Å². The number of H-pyrrole nitrogens is 1. The summed E-state index contributed by atoms with van der Waals surface area (Å²) in [7, 11) is 1.64. The summed E-state index contributed by atoms with van der Waals surface area (Å²) in [5, 5.41) is 22.5. The molecular formula is C52H64N12O8. The number of nitrogens with one attached hydrogen (secondary N) is 8. The molecule has 0 radical (unpaired) electrons. The minimum atomic E-state index is -1.71. The number of primary amides is 1. The number of rotatable bonds is 26. The van der Waals surface area contributed by atoms with Gasteiger partial charge in [-0.05, 0) is 91.2 Å². The van der Waals surface area contributed by atoms with E-state index in [1.807, 2.05) is 78.9 Å². The molecule has 8 amide bonds. The number of para-hydroxylation sites is 1. The molecule has 0 spiro atoms. The molecule has 4 aromatic carbocycles. The zero-order valence-corrected chi connectivity index (χ0v) is 40.2. The molecule has 380 valence electrons. The van der Waals surface area contributed by atoms with Crippen LogP contribution in [0.25, 0.3) is 21.7 Å². The minimum Gasteiger partial charge on any atom is -0.368 e. The average molecular weight is 985 g/mol. The summed E-state index contributed by atoms with van der Waals surface area (Å²) in [6.07, 6.45) is 3.41. The van der Waals surface area contributed by atoms with Crippen LogP contribution in [0, 0.1) is 0 Å². The Bertz CT molecular complexity index is 2770. The first-order valence-corrected chi connectivity index (χ1v) is 24.3. The van der Waals surface area contributed by atoms with Gasteiger partial charge in [0.05, 0.1) is 18.5 Å². The Hall–Kier alpha value is -7.52. The highest BCUT2D eigenvalue weighted by molar-refractivity contribution is 6.11. The van der Waals surface area contributed by atoms with Crippen LogP contribution in [0.3, 0.4) is 0 Å². The third-order valence-electron chi connectivity index (χ3n) is 13.4. The van der Waals surface area contributed by atoms with Gasteiger partial charge < -0.3 is 58.9 Å². The number of fused-ring (bicyclic) bond motifs is 3. The molecule has 7 rings (SSSR count). The summed E-state index contributed by atoms with van der Waals surface area (Å²) in [5.74, 6) is -3.78. The largest absolute Gasteiger partial charge is 0.368 e. The molecule has 20 heteroatoms. The molecule has 1 aliphatic carbocycles. The molecule has 5 unspecified atom stereocenters. The lowest BCUT2D eigenvalue weighted by atomic mass is 9.90. The van der Waals surface area contributed by atoms with Gasteiger partial charge in [-0.3, -0.25) is 34.1 Å². The van der Waals surface area contributed by atoms with Crippen LogP contribution in [-0.2, 0) is 59.2 Å². The molecule has 1 aliphatic heterocycles. The van der Waals surface area contributed by atoms with E-state index in [0.717, 1.165) is 48.8 Å². The molecule has 1 aromatic heterocycles. The first kappa shape index (κ1) is 52.3. The quantitative estimate of drug-likeness (QED) is 0.0157. The number of carbonyl (C=O) groups excluding carboxylic acids is 8. The number of hydrogen-bond donors (Lipinski definition) is 11. The summed E-state index contributed by atoms with van der Waals surface area (Å²) in [6, 6.07) is 22.4. The Balaban J connectivity index is 0.930. The summed E-state index contributed by atoms with van der Waals surface area (Å²) in [4.78, 5) is 112. The number of carbonyl (C=O) groups is 8. The molecule has 1 saturated heterocycles. The number of aromatic nitrogens is 1. The van der Waals surface area contributed by atoms with Crippen LogP contribution in [0.4, 0.5) is 4.79 Å². The summed E-state index contributed by atoms with van der Waals surface area (Å²) >= 11 is 0. The molecule has 0 saturated carbocycles. The molecule has 5 atom stereocenters. The van der Waals surface area contributed by atoms with Gasteiger partial charge in [0, 0.05) is 42.9 Å². The van der Waals surface area contributed by atoms with Gasteiger partial charge in [-0.1, -0.05) is 84.9 Å². The van der Waals surface area contributed by atoms with E-state index in [1.165, 1.54) is 0 Å². The summed E-state index contributed by atoms with van der Waals surface area (Å²) in [5.41, 5.74) is 19.2. The molecule has 0 bridgehead atoms. The van der Waals surface area contributed by atoms with Crippen molar-refractivity contribution in [2.24, 2.45) is 17.2 Å². The maximum atomic E-state index is 14.4. The van der Waals surface area contributed by atoms with Crippen LogP contribution in [0.1, 0.15) is 60.8 Å². The third-order valence-corrected chi connectivity index (χ3v) is 13.4. The molecule has 20 nitrogen and oxygen atoms in total. The first-order chi connectivity index (χ1) is 34.7. The van der Waals surface area contributed by atoms with Crippen molar-refractivity contribution in [1.29, 1.82) is 0 Å². The van der Waals surface area contributed by atoms with Crippen LogP contribution in [-0.4, -0.2) is 120 Å². The summed E-state index contributed by atoms with van der Waals surface area (Å²) in [6.45, 7) is 0.599. The van der Waals surface area contributed by atoms with Gasteiger partial charge in [0.25, 0.3) is 5.91 Å². The number of amides is 8. The Labute approximate surface area is 416 Å². The van der Waals surface area contributed by atoms with E-state index >= 15 is 0 Å². The fraction of sp³-hybridized carbons (Fsp3) is 0.385. The SMILES string of the molecule is CNC(CCCNC(N)N)C(=O)NC(Cc1c[nH]c2ccccc12)C(=O)NC(CCCCNC(=O)CC1NC(=O)N(C2(C(=O)NC(C=O)Cc3ccc4ccccc4c3)Cc3ccccc3C2)C1=O)C(N)=O. The fourth-order valence-corrected chi connectivity index (χ4v) is 9.65. The maximum Gasteiger partial charge on any atom is 0.325 e. The predicted octanol–water partition coefficient (Wildman–Crippen LogP) is 0.538. The van der Waals surface area contributed by atoms with Crippen molar-refractivity contribution in [3.05, 3.63) is 119 Å². The Morgan fingerprint density at radius 1 is 0.778 bits per heavy atom. The number of aromatic amines is 1. The molecule has 2 aliphatic rings. The molecule has 1 fully saturated rings. The van der Waals surface area contributed by atoms with Crippen molar-refractivity contribution in [2.45, 2.75) is 106 Å². The molecule has 14 N–H and O–H groups in total. The second-order valence-electron chi connectivity index (χ2n) is 18.5. The van der Waals surface area contributed by atoms with Crippen LogP contribution in [0.2, 0.25) is 0 Å². The van der Waals surface area contributed by atoms with Crippen molar-refractivity contribution in [1.82, 2.24) is 47.1 Å². The monoisotopic (exact) mass is 984 g/mol. The minimum absolute atomic E-state index is 0.0158. The Kier molecular flexibility index (Phi) is 17.5. The van der Waals surface area contributed by atoms with Gasteiger partial charge in [0.2, 0.25) is 29.5 Å². The number of nitrogens with two attached hydrogens (primary N) is 3. The van der Waals surface area contributed by atoms with Gasteiger partial charge in [-0.2, -0.15) is 0 Å². The van der Waals surface area contributed by atoms with Crippen LogP contribution < -0.4 is 54.4 Å². The number of benzene rings is 4. The molecule has 2 heterocycles. The lowest BCUT2D eigenvalue weighted by molar-refractivity contribution is -0.143. The van der Waals surface area contributed by atoms with E-state index in [4.69, 9.17) is 17.2 Å². The first-order valence-electron chi connectivity index (χ1n) is 24.3. The van der Waals surface area contributed by atoms with E-state index < -0.39 is 89.9 Å². The third kappa shape index (κ3) is 12.7. The average Bonchev–Trinajstić information content (AvgIpc) is 4.05. The zero-order valence-electron chi connectivity index (χ0n) is 40.2. The van der Waals surface area contributed by atoms with Crippen LogP contribution in [0.15, 0.2) is 97.2 Å². The lowest BCUT2D eigenvalue weighted by Gasteiger charge is -2.36. The highest BCUT2D eigenvalue weighted by Gasteiger charge is 2.57. The van der Waals surface area contributed by atoms with Crippen molar-refractivity contribution in [2.75, 3.05) is 20.1 Å². The van der Waals surface area contributed by atoms with Crippen LogP contribution >= 0.6 is 0 Å². The number of imide groups is 1. The number of hydrogen-bond acceptors (Lipinski definition) is 12. The fourth-order valence-electron chi connectivity index (χ4n) is 9.65. The van der Waals surface area contributed by atoms with Gasteiger partial charge >= 0.3 is 6.03 Å². The van der Waals surface area contributed by atoms with Crippen molar-refractivity contribution in [3.63, 3.8) is 0 Å². The zero-order chi connectivity index (χ0) is 51.4. The normalized spacial score (nSPS) is 16.7. The Morgan fingerprint density at radius 2 is 1.44 bits per heavy atom. The standard InChI is InChI=1S/C52H64N12O8/c1-56-41(18-10-22-58-50(54)55)46(68)62-42(25-36-29-59-39-16-7-6-15-38(36)39)47(69)61-40(45(53)67)17-8-9-21-57-44(66)26-43-48(70)64(51(72)63-43)52(27-34-13-4-5-14-35(34)28-52)49(71)60-37(30-65)24-31-19-20-32-11-2-3-12-33(32)23-31/h2-7,11-16,19-20,23,29-30,37,40-43,50,56,58-59H,8-10,17-18,21-22,24-28,54-55H2,1H3,(H2,53,67)(H,57,66)(H,60,71)(H,61,69)(H,62,68)(H,63,72). The van der Waals surface area contributed by atoms with E-state index in [1.54, 1.807) is 25.4 Å². The van der Waals surface area contributed by atoms with Gasteiger partial charge in [-0.15, -0.1) is 0 Å². The van der Waals surface area contributed by atoms with Crippen molar-refractivity contribution >= 4 is 69.4 Å². The van der Waals surface area contributed by atoms with E-state index in [-0.39, 0.29) is 38.6 Å². The second kappa shape index (κ2) is 24.1.